The van der Waals surface area contributed by atoms with Crippen LogP contribution in [0.2, 0.25) is 10.0 Å². The van der Waals surface area contributed by atoms with Crippen molar-refractivity contribution in [2.45, 2.75) is 13.0 Å². The molecule has 1 aromatic heterocycles. The molecule has 0 amide bonds. The van der Waals surface area contributed by atoms with Gasteiger partial charge in [0.25, 0.3) is 0 Å². The Kier molecular flexibility index (Phi) is 6.14. The average Bonchev–Trinajstić information content (AvgIpc) is 3.19. The Morgan fingerprint density at radius 1 is 1.24 bits per heavy atom. The van der Waals surface area contributed by atoms with Gasteiger partial charge in [0.1, 0.15) is 11.5 Å². The van der Waals surface area contributed by atoms with E-state index in [-0.39, 0.29) is 28.5 Å². The molecule has 1 atom stereocenters. The van der Waals surface area contributed by atoms with Gasteiger partial charge in [0.2, 0.25) is 0 Å². The Morgan fingerprint density at radius 3 is 2.38 bits per heavy atom. The largest absolute Gasteiger partial charge is 0.448 e. The summed E-state index contributed by atoms with van der Waals surface area (Å²) in [5, 5.41) is 8.84. The molecule has 1 unspecified atom stereocenters. The number of aromatic nitrogens is 3. The van der Waals surface area contributed by atoms with E-state index in [1.54, 1.807) is 44.3 Å². The third-order valence-corrected chi connectivity index (χ3v) is 4.54. The van der Waals surface area contributed by atoms with Crippen LogP contribution in [0.1, 0.15) is 18.3 Å². The number of aryl methyl sites for hydroxylation is 1. The first-order valence-electron chi connectivity index (χ1n) is 8.42. The number of carbonyl (C=O) groups is 1. The van der Waals surface area contributed by atoms with Crippen LogP contribution in [0.5, 0.6) is 0 Å². The van der Waals surface area contributed by atoms with Crippen LogP contribution < -0.4 is 5.84 Å². The Labute approximate surface area is 175 Å². The molecule has 3 aromatic rings. The number of cyclic esters (lactones) is 1. The molecule has 1 aliphatic heterocycles. The molecule has 2 heterocycles. The lowest BCUT2D eigenvalue weighted by Gasteiger charge is -2.04. The molecule has 0 radical (unpaired) electrons. The smallest absolute Gasteiger partial charge is 0.347 e. The molecule has 0 saturated carbocycles. The number of epoxide rings is 1. The van der Waals surface area contributed by atoms with Crippen LogP contribution >= 0.6 is 23.2 Å². The molecule has 1 fully saturated rings. The van der Waals surface area contributed by atoms with Crippen molar-refractivity contribution in [1.82, 2.24) is 14.8 Å². The molecule has 1 saturated heterocycles. The van der Waals surface area contributed by atoms with Gasteiger partial charge in [-0.1, -0.05) is 41.4 Å². The lowest BCUT2D eigenvalue weighted by atomic mass is 10.1. The highest BCUT2D eigenvalue weighted by Gasteiger charge is 2.31. The SMILES string of the molecule is CC1OC1=O.Cn1nc(-c2c(F)cccc2Cl)nc1C(=NN)c1ccc(Cl)cc1. The number of hydrogen-bond donors (Lipinski definition) is 1. The standard InChI is InChI=1S/C16H12Cl2FN5.C3H4O2/c1-24-16(14(22-20)9-5-7-10(17)8-6-9)21-15(23-24)13-11(18)3-2-4-12(13)19;1-2-3(4)5-2/h2-8H,20H2,1H3;2H,1H3. The molecule has 0 bridgehead atoms. The monoisotopic (exact) mass is 435 g/mol. The van der Waals surface area contributed by atoms with Crippen LogP contribution in [0.15, 0.2) is 47.6 Å². The number of hydrogen-bond acceptors (Lipinski definition) is 6. The highest BCUT2D eigenvalue weighted by atomic mass is 35.5. The Balaban J connectivity index is 0.000000419. The molecule has 10 heteroatoms. The second-order valence-electron chi connectivity index (χ2n) is 6.04. The van der Waals surface area contributed by atoms with Gasteiger partial charge in [-0.2, -0.15) is 10.2 Å². The highest BCUT2D eigenvalue weighted by molar-refractivity contribution is 6.33. The van der Waals surface area contributed by atoms with Gasteiger partial charge in [-0.25, -0.2) is 18.9 Å². The zero-order chi connectivity index (χ0) is 21.1. The summed E-state index contributed by atoms with van der Waals surface area (Å²) in [5.74, 6) is 5.49. The second kappa shape index (κ2) is 8.59. The number of nitrogens with two attached hydrogens (primary N) is 1. The molecule has 2 N–H and O–H groups in total. The summed E-state index contributed by atoms with van der Waals surface area (Å²) in [6, 6.07) is 11.4. The van der Waals surface area contributed by atoms with Crippen molar-refractivity contribution in [2.24, 2.45) is 18.0 Å². The number of hydrazone groups is 1. The number of rotatable bonds is 3. The van der Waals surface area contributed by atoms with Crippen LogP contribution in [0.25, 0.3) is 11.4 Å². The molecule has 29 heavy (non-hydrogen) atoms. The Bertz CT molecular complexity index is 1060. The van der Waals surface area contributed by atoms with E-state index in [1.807, 2.05) is 0 Å². The third-order valence-electron chi connectivity index (χ3n) is 3.98. The van der Waals surface area contributed by atoms with Crippen LogP contribution in [-0.4, -0.2) is 32.5 Å². The van der Waals surface area contributed by atoms with E-state index in [9.17, 15) is 9.18 Å². The van der Waals surface area contributed by atoms with Crippen LogP contribution in [0.4, 0.5) is 4.39 Å². The number of benzene rings is 2. The number of nitrogens with zero attached hydrogens (tertiary/aromatic N) is 4. The van der Waals surface area contributed by atoms with E-state index in [0.717, 1.165) is 0 Å². The van der Waals surface area contributed by atoms with Gasteiger partial charge in [0.15, 0.2) is 17.8 Å². The van der Waals surface area contributed by atoms with E-state index in [0.29, 0.717) is 22.1 Å². The number of halogens is 3. The van der Waals surface area contributed by atoms with Gasteiger partial charge < -0.3 is 10.6 Å². The zero-order valence-corrected chi connectivity index (χ0v) is 16.9. The van der Waals surface area contributed by atoms with Crippen molar-refractivity contribution >= 4 is 34.9 Å². The minimum Gasteiger partial charge on any atom is -0.448 e. The van der Waals surface area contributed by atoms with E-state index < -0.39 is 5.82 Å². The maximum absolute atomic E-state index is 14.1. The van der Waals surface area contributed by atoms with Gasteiger partial charge in [0.05, 0.1) is 10.6 Å². The average molecular weight is 436 g/mol. The van der Waals surface area contributed by atoms with Gasteiger partial charge >= 0.3 is 5.97 Å². The van der Waals surface area contributed by atoms with Gasteiger partial charge in [-0.05, 0) is 31.2 Å². The summed E-state index contributed by atoms with van der Waals surface area (Å²) in [4.78, 5) is 14.0. The van der Waals surface area contributed by atoms with Crippen molar-refractivity contribution in [3.8, 4) is 11.4 Å². The van der Waals surface area contributed by atoms with Gasteiger partial charge in [-0.15, -0.1) is 0 Å². The van der Waals surface area contributed by atoms with Crippen molar-refractivity contribution in [3.63, 3.8) is 0 Å². The van der Waals surface area contributed by atoms with Crippen molar-refractivity contribution in [1.29, 1.82) is 0 Å². The number of ether oxygens (including phenoxy) is 1. The molecule has 1 aliphatic rings. The molecule has 0 spiro atoms. The minimum atomic E-state index is -0.502. The fourth-order valence-corrected chi connectivity index (χ4v) is 2.79. The summed E-state index contributed by atoms with van der Waals surface area (Å²) < 4.78 is 19.8. The normalized spacial score (nSPS) is 15.4. The molecule has 150 valence electrons. The summed E-state index contributed by atoms with van der Waals surface area (Å²) >= 11 is 12.0. The fourth-order valence-electron chi connectivity index (χ4n) is 2.42. The molecule has 0 aliphatic carbocycles. The summed E-state index contributed by atoms with van der Waals surface area (Å²) in [7, 11) is 1.67. The fraction of sp³-hybridized carbons (Fsp3) is 0.158. The van der Waals surface area contributed by atoms with Gasteiger partial charge in [-0.3, -0.25) is 0 Å². The third kappa shape index (κ3) is 4.72. The van der Waals surface area contributed by atoms with Crippen molar-refractivity contribution in [2.75, 3.05) is 0 Å². The first-order chi connectivity index (χ1) is 13.8. The Morgan fingerprint density at radius 2 is 1.86 bits per heavy atom. The summed E-state index contributed by atoms with van der Waals surface area (Å²) in [6.45, 7) is 1.72. The molecular weight excluding hydrogens is 420 g/mol. The van der Waals surface area contributed by atoms with E-state index in [4.69, 9.17) is 29.0 Å². The first-order valence-corrected chi connectivity index (χ1v) is 9.17. The first kappa shape index (κ1) is 20.8. The molecule has 4 rings (SSSR count). The van der Waals surface area contributed by atoms with Crippen LogP contribution in [0, 0.1) is 5.82 Å². The van der Waals surface area contributed by atoms with Crippen molar-refractivity contribution in [3.05, 3.63) is 69.7 Å². The molecule has 7 nitrogen and oxygen atoms in total. The summed E-state index contributed by atoms with van der Waals surface area (Å²) in [5.41, 5.74) is 1.25. The zero-order valence-electron chi connectivity index (χ0n) is 15.4. The van der Waals surface area contributed by atoms with E-state index in [2.05, 4.69) is 19.9 Å². The van der Waals surface area contributed by atoms with E-state index >= 15 is 0 Å². The number of carbonyl (C=O) groups excluding carboxylic acids is 1. The quantitative estimate of drug-likeness (QED) is 0.293. The van der Waals surface area contributed by atoms with Crippen LogP contribution in [0.3, 0.4) is 0 Å². The lowest BCUT2D eigenvalue weighted by Crippen LogP contribution is -2.13. The topological polar surface area (TPSA) is 98.7 Å². The van der Waals surface area contributed by atoms with Crippen molar-refractivity contribution < 1.29 is 13.9 Å². The molecular formula is C19H16Cl2FN5O2. The predicted octanol–water partition coefficient (Wildman–Crippen LogP) is 3.57. The summed E-state index contributed by atoms with van der Waals surface area (Å²) in [6.07, 6.45) is -0.0880. The maximum Gasteiger partial charge on any atom is 0.347 e. The van der Waals surface area contributed by atoms with E-state index in [1.165, 1.54) is 16.8 Å². The minimum absolute atomic E-state index is 0.0787. The molecule has 2 aromatic carbocycles. The predicted molar refractivity (Wildman–Crippen MR) is 108 cm³/mol. The Hall–Kier alpha value is -2.97. The van der Waals surface area contributed by atoms with Crippen LogP contribution in [-0.2, 0) is 16.6 Å². The lowest BCUT2D eigenvalue weighted by molar-refractivity contribution is -0.117. The highest BCUT2D eigenvalue weighted by Crippen LogP contribution is 2.28. The van der Waals surface area contributed by atoms with Gasteiger partial charge in [0, 0.05) is 17.6 Å². The second-order valence-corrected chi connectivity index (χ2v) is 6.89. The maximum atomic E-state index is 14.1.